The Bertz CT molecular complexity index is 535. The highest BCUT2D eigenvalue weighted by Gasteiger charge is 2.20. The van der Waals surface area contributed by atoms with Crippen molar-refractivity contribution < 1.29 is 5.11 Å². The number of phenols is 1. The Labute approximate surface area is 102 Å². The molecule has 17 heavy (non-hydrogen) atoms. The molecule has 1 heterocycles. The first-order valence-corrected chi connectivity index (χ1v) is 5.74. The summed E-state index contributed by atoms with van der Waals surface area (Å²) in [5, 5.41) is 14.0. The summed E-state index contributed by atoms with van der Waals surface area (Å²) < 4.78 is 2.00. The second-order valence-corrected chi connectivity index (χ2v) is 5.31. The molecular weight excluding hydrogens is 212 g/mol. The molecular formula is C14H18N2O. The molecule has 1 N–H and O–H groups in total. The highest BCUT2D eigenvalue weighted by Crippen LogP contribution is 2.30. The van der Waals surface area contributed by atoms with E-state index >= 15 is 0 Å². The van der Waals surface area contributed by atoms with E-state index in [1.807, 2.05) is 29.9 Å². The first-order valence-electron chi connectivity index (χ1n) is 5.74. The first-order chi connectivity index (χ1) is 7.89. The first kappa shape index (κ1) is 11.7. The molecule has 3 nitrogen and oxygen atoms in total. The quantitative estimate of drug-likeness (QED) is 0.816. The van der Waals surface area contributed by atoms with Crippen LogP contribution in [0.2, 0.25) is 0 Å². The topological polar surface area (TPSA) is 38.0 Å². The SMILES string of the molecule is Cc1cnn(C(C)(C)C)c1-c1cccc(O)c1. The fourth-order valence-corrected chi connectivity index (χ4v) is 1.94. The van der Waals surface area contributed by atoms with Gasteiger partial charge in [-0.25, -0.2) is 0 Å². The number of aromatic nitrogens is 2. The van der Waals surface area contributed by atoms with Crippen molar-refractivity contribution in [2.24, 2.45) is 0 Å². The molecule has 0 amide bonds. The van der Waals surface area contributed by atoms with Crippen molar-refractivity contribution in [3.8, 4) is 17.0 Å². The summed E-state index contributed by atoms with van der Waals surface area (Å²) in [6.07, 6.45) is 1.87. The minimum atomic E-state index is -0.0744. The van der Waals surface area contributed by atoms with Crippen LogP contribution in [0.3, 0.4) is 0 Å². The maximum Gasteiger partial charge on any atom is 0.116 e. The van der Waals surface area contributed by atoms with Gasteiger partial charge in [0.25, 0.3) is 0 Å². The van der Waals surface area contributed by atoms with Crippen molar-refractivity contribution in [3.05, 3.63) is 36.0 Å². The summed E-state index contributed by atoms with van der Waals surface area (Å²) in [6.45, 7) is 8.39. The van der Waals surface area contributed by atoms with Crippen LogP contribution in [0.4, 0.5) is 0 Å². The van der Waals surface area contributed by atoms with Crippen molar-refractivity contribution in [3.63, 3.8) is 0 Å². The van der Waals surface area contributed by atoms with Crippen molar-refractivity contribution in [2.75, 3.05) is 0 Å². The second-order valence-electron chi connectivity index (χ2n) is 5.31. The molecule has 1 aromatic heterocycles. The smallest absolute Gasteiger partial charge is 0.116 e. The lowest BCUT2D eigenvalue weighted by molar-refractivity contribution is 0.360. The van der Waals surface area contributed by atoms with Gasteiger partial charge in [0.2, 0.25) is 0 Å². The van der Waals surface area contributed by atoms with Gasteiger partial charge >= 0.3 is 0 Å². The number of phenolic OH excluding ortho intramolecular Hbond substituents is 1. The summed E-state index contributed by atoms with van der Waals surface area (Å²) in [7, 11) is 0. The van der Waals surface area contributed by atoms with Gasteiger partial charge < -0.3 is 5.11 Å². The normalized spacial score (nSPS) is 11.8. The average molecular weight is 230 g/mol. The van der Waals surface area contributed by atoms with Gasteiger partial charge in [-0.05, 0) is 45.4 Å². The van der Waals surface area contributed by atoms with Crippen LogP contribution < -0.4 is 0 Å². The van der Waals surface area contributed by atoms with Crippen molar-refractivity contribution in [1.82, 2.24) is 9.78 Å². The molecule has 2 aromatic rings. The molecule has 0 unspecified atom stereocenters. The van der Waals surface area contributed by atoms with Gasteiger partial charge in [-0.3, -0.25) is 4.68 Å². The zero-order valence-electron chi connectivity index (χ0n) is 10.7. The molecule has 2 rings (SSSR count). The highest BCUT2D eigenvalue weighted by molar-refractivity contribution is 5.64. The van der Waals surface area contributed by atoms with Gasteiger partial charge in [-0.15, -0.1) is 0 Å². The van der Waals surface area contributed by atoms with Crippen LogP contribution in [-0.4, -0.2) is 14.9 Å². The summed E-state index contributed by atoms with van der Waals surface area (Å²) in [4.78, 5) is 0. The molecule has 0 saturated heterocycles. The Kier molecular flexibility index (Phi) is 2.69. The minimum absolute atomic E-state index is 0.0744. The molecule has 0 saturated carbocycles. The van der Waals surface area contributed by atoms with Gasteiger partial charge in [0.15, 0.2) is 0 Å². The number of rotatable bonds is 1. The van der Waals surface area contributed by atoms with E-state index in [9.17, 15) is 5.11 Å². The molecule has 0 spiro atoms. The van der Waals surface area contributed by atoms with E-state index in [2.05, 4.69) is 25.9 Å². The van der Waals surface area contributed by atoms with E-state index < -0.39 is 0 Å². The highest BCUT2D eigenvalue weighted by atomic mass is 16.3. The van der Waals surface area contributed by atoms with Crippen LogP contribution in [0.1, 0.15) is 26.3 Å². The van der Waals surface area contributed by atoms with Crippen LogP contribution in [0, 0.1) is 6.92 Å². The molecule has 90 valence electrons. The van der Waals surface area contributed by atoms with Gasteiger partial charge in [0.05, 0.1) is 17.4 Å². The number of nitrogens with zero attached hydrogens (tertiary/aromatic N) is 2. The standard InChI is InChI=1S/C14H18N2O/c1-10-9-15-16(14(2,3)4)13(10)11-6-5-7-12(17)8-11/h5-9,17H,1-4H3. The van der Waals surface area contributed by atoms with Gasteiger partial charge in [0.1, 0.15) is 5.75 Å². The third-order valence-electron chi connectivity index (χ3n) is 2.71. The van der Waals surface area contributed by atoms with Gasteiger partial charge in [-0.2, -0.15) is 5.10 Å². The van der Waals surface area contributed by atoms with E-state index in [1.54, 1.807) is 12.1 Å². The lowest BCUT2D eigenvalue weighted by atomic mass is 10.0. The zero-order chi connectivity index (χ0) is 12.6. The van der Waals surface area contributed by atoms with Crippen LogP contribution in [0.25, 0.3) is 11.3 Å². The average Bonchev–Trinajstić information content (AvgIpc) is 2.59. The van der Waals surface area contributed by atoms with Crippen LogP contribution >= 0.6 is 0 Å². The Hall–Kier alpha value is -1.77. The van der Waals surface area contributed by atoms with Gasteiger partial charge in [0, 0.05) is 5.56 Å². The van der Waals surface area contributed by atoms with Crippen LogP contribution in [-0.2, 0) is 5.54 Å². The predicted octanol–water partition coefficient (Wildman–Crippen LogP) is 3.32. The largest absolute Gasteiger partial charge is 0.508 e. The maximum absolute atomic E-state index is 9.57. The van der Waals surface area contributed by atoms with Crippen molar-refractivity contribution >= 4 is 0 Å². The summed E-state index contributed by atoms with van der Waals surface area (Å²) in [6, 6.07) is 7.29. The third kappa shape index (κ3) is 2.18. The van der Waals surface area contributed by atoms with Crippen molar-refractivity contribution in [2.45, 2.75) is 33.2 Å². The zero-order valence-corrected chi connectivity index (χ0v) is 10.7. The number of aromatic hydroxyl groups is 1. The Morgan fingerprint density at radius 3 is 2.53 bits per heavy atom. The number of benzene rings is 1. The lowest BCUT2D eigenvalue weighted by Crippen LogP contribution is -2.24. The Morgan fingerprint density at radius 1 is 1.24 bits per heavy atom. The lowest BCUT2D eigenvalue weighted by Gasteiger charge is -2.23. The number of aryl methyl sites for hydroxylation is 1. The molecule has 0 radical (unpaired) electrons. The number of hydrogen-bond donors (Lipinski definition) is 1. The van der Waals surface area contributed by atoms with E-state index in [0.717, 1.165) is 16.8 Å². The van der Waals surface area contributed by atoms with Crippen LogP contribution in [0.5, 0.6) is 5.75 Å². The predicted molar refractivity (Wildman–Crippen MR) is 69.1 cm³/mol. The molecule has 0 aliphatic rings. The molecule has 0 atom stereocenters. The molecule has 0 aliphatic heterocycles. The van der Waals surface area contributed by atoms with E-state index in [4.69, 9.17) is 0 Å². The Balaban J connectivity index is 2.63. The summed E-state index contributed by atoms with van der Waals surface area (Å²) in [5.74, 6) is 0.281. The fraction of sp³-hybridized carbons (Fsp3) is 0.357. The van der Waals surface area contributed by atoms with Gasteiger partial charge in [-0.1, -0.05) is 12.1 Å². The number of hydrogen-bond acceptors (Lipinski definition) is 2. The maximum atomic E-state index is 9.57. The van der Waals surface area contributed by atoms with E-state index in [0.29, 0.717) is 0 Å². The fourth-order valence-electron chi connectivity index (χ4n) is 1.94. The summed E-state index contributed by atoms with van der Waals surface area (Å²) >= 11 is 0. The second kappa shape index (κ2) is 3.91. The summed E-state index contributed by atoms with van der Waals surface area (Å²) in [5.41, 5.74) is 3.10. The van der Waals surface area contributed by atoms with Crippen molar-refractivity contribution in [1.29, 1.82) is 0 Å². The van der Waals surface area contributed by atoms with Crippen LogP contribution in [0.15, 0.2) is 30.5 Å². The molecule has 0 aliphatic carbocycles. The molecule has 3 heteroatoms. The van der Waals surface area contributed by atoms with E-state index in [1.165, 1.54) is 0 Å². The Morgan fingerprint density at radius 2 is 1.94 bits per heavy atom. The molecule has 0 bridgehead atoms. The molecule has 0 fully saturated rings. The van der Waals surface area contributed by atoms with E-state index in [-0.39, 0.29) is 11.3 Å². The molecule has 1 aromatic carbocycles. The monoisotopic (exact) mass is 230 g/mol. The minimum Gasteiger partial charge on any atom is -0.508 e. The third-order valence-corrected chi connectivity index (χ3v) is 2.71.